The number of nitrogens with two attached hydrogens (primary N) is 1. The molecule has 0 unspecified atom stereocenters. The van der Waals surface area contributed by atoms with E-state index in [0.29, 0.717) is 18.7 Å². The Kier molecular flexibility index (Phi) is 8.98. The molecule has 2 rings (SSSR count). The highest BCUT2D eigenvalue weighted by Crippen LogP contribution is 2.06. The Morgan fingerprint density at radius 2 is 1.80 bits per heavy atom. The molecule has 0 heterocycles. The van der Waals surface area contributed by atoms with Crippen molar-refractivity contribution in [1.29, 1.82) is 0 Å². The zero-order chi connectivity index (χ0) is 17.4. The summed E-state index contributed by atoms with van der Waals surface area (Å²) >= 11 is 0. The van der Waals surface area contributed by atoms with Gasteiger partial charge in [0.1, 0.15) is 0 Å². The summed E-state index contributed by atoms with van der Waals surface area (Å²) in [5.41, 5.74) is 9.19. The Balaban J connectivity index is 0.00000312. The summed E-state index contributed by atoms with van der Waals surface area (Å²) in [4.78, 5) is 15.8. The van der Waals surface area contributed by atoms with Crippen LogP contribution < -0.4 is 16.4 Å². The van der Waals surface area contributed by atoms with E-state index in [2.05, 4.69) is 46.8 Å². The zero-order valence-electron chi connectivity index (χ0n) is 14.6. The van der Waals surface area contributed by atoms with Crippen molar-refractivity contribution in [3.63, 3.8) is 0 Å². The minimum Gasteiger partial charge on any atom is -0.366 e. The first-order chi connectivity index (χ1) is 11.6. The van der Waals surface area contributed by atoms with Crippen LogP contribution in [0.25, 0.3) is 0 Å². The minimum atomic E-state index is -0.426. The number of guanidine groups is 1. The number of hydrogen-bond donors (Lipinski definition) is 3. The molecule has 0 saturated carbocycles. The monoisotopic (exact) mass is 452 g/mol. The third-order valence-electron chi connectivity index (χ3n) is 3.56. The number of nitrogens with zero attached hydrogens (tertiary/aromatic N) is 1. The maximum atomic E-state index is 11.2. The van der Waals surface area contributed by atoms with Gasteiger partial charge in [0, 0.05) is 18.7 Å². The van der Waals surface area contributed by atoms with Crippen LogP contribution in [0.4, 0.5) is 0 Å². The molecule has 0 bridgehead atoms. The van der Waals surface area contributed by atoms with E-state index >= 15 is 0 Å². The lowest BCUT2D eigenvalue weighted by atomic mass is 10.1. The third-order valence-corrected chi connectivity index (χ3v) is 3.56. The summed E-state index contributed by atoms with van der Waals surface area (Å²) < 4.78 is 0. The van der Waals surface area contributed by atoms with Crippen molar-refractivity contribution in [2.75, 3.05) is 6.54 Å². The van der Waals surface area contributed by atoms with Crippen molar-refractivity contribution in [3.8, 4) is 0 Å². The highest BCUT2D eigenvalue weighted by Gasteiger charge is 2.02. The van der Waals surface area contributed by atoms with Crippen molar-refractivity contribution >= 4 is 35.8 Å². The van der Waals surface area contributed by atoms with Crippen LogP contribution in [0, 0.1) is 6.92 Å². The van der Waals surface area contributed by atoms with E-state index in [9.17, 15) is 4.79 Å². The second-order valence-electron chi connectivity index (χ2n) is 5.60. The number of rotatable bonds is 6. The molecule has 1 amide bonds. The Morgan fingerprint density at radius 3 is 2.44 bits per heavy atom. The summed E-state index contributed by atoms with van der Waals surface area (Å²) in [5, 5.41) is 6.53. The van der Waals surface area contributed by atoms with Gasteiger partial charge in [0.05, 0.1) is 6.54 Å². The first-order valence-corrected chi connectivity index (χ1v) is 8.05. The minimum absolute atomic E-state index is 0. The lowest BCUT2D eigenvalue weighted by molar-refractivity contribution is 0.1000. The van der Waals surface area contributed by atoms with Gasteiger partial charge < -0.3 is 16.4 Å². The lowest BCUT2D eigenvalue weighted by Crippen LogP contribution is -2.36. The maximum Gasteiger partial charge on any atom is 0.248 e. The van der Waals surface area contributed by atoms with Gasteiger partial charge in [-0.15, -0.1) is 24.0 Å². The average molecular weight is 452 g/mol. The normalized spacial score (nSPS) is 10.7. The van der Waals surface area contributed by atoms with Gasteiger partial charge >= 0.3 is 0 Å². The lowest BCUT2D eigenvalue weighted by Gasteiger charge is -2.11. The Labute approximate surface area is 166 Å². The van der Waals surface area contributed by atoms with E-state index in [0.717, 1.165) is 18.1 Å². The van der Waals surface area contributed by atoms with E-state index in [1.54, 1.807) is 12.1 Å². The number of carbonyl (C=O) groups is 1. The van der Waals surface area contributed by atoms with E-state index in [1.165, 1.54) is 11.1 Å². The van der Waals surface area contributed by atoms with Crippen LogP contribution in [0.1, 0.15) is 34.0 Å². The fourth-order valence-corrected chi connectivity index (χ4v) is 2.23. The Bertz CT molecular complexity index is 714. The SMILES string of the molecule is CCNC(=NCc1cccc(C(N)=O)c1)NCc1ccc(C)cc1.I. The number of carbonyl (C=O) groups excluding carboxylic acids is 1. The van der Waals surface area contributed by atoms with Crippen LogP contribution in [-0.4, -0.2) is 18.4 Å². The third kappa shape index (κ3) is 7.13. The number of benzene rings is 2. The van der Waals surface area contributed by atoms with Crippen molar-refractivity contribution < 1.29 is 4.79 Å². The molecule has 25 heavy (non-hydrogen) atoms. The molecule has 0 radical (unpaired) electrons. The molecule has 0 saturated heterocycles. The van der Waals surface area contributed by atoms with Gasteiger partial charge in [0.25, 0.3) is 0 Å². The van der Waals surface area contributed by atoms with Gasteiger partial charge in [0.2, 0.25) is 5.91 Å². The molecule has 134 valence electrons. The van der Waals surface area contributed by atoms with Gasteiger partial charge in [-0.05, 0) is 37.1 Å². The smallest absolute Gasteiger partial charge is 0.248 e. The van der Waals surface area contributed by atoms with Gasteiger partial charge in [-0.25, -0.2) is 4.99 Å². The van der Waals surface area contributed by atoms with Crippen LogP contribution in [0.3, 0.4) is 0 Å². The summed E-state index contributed by atoms with van der Waals surface area (Å²) in [5.74, 6) is 0.313. The van der Waals surface area contributed by atoms with Crippen molar-refractivity contribution in [2.45, 2.75) is 26.9 Å². The van der Waals surface area contributed by atoms with E-state index in [4.69, 9.17) is 5.73 Å². The number of aryl methyl sites for hydroxylation is 1. The number of amides is 1. The number of halogens is 1. The molecule has 2 aromatic carbocycles. The number of aliphatic imine (C=N–C) groups is 1. The van der Waals surface area contributed by atoms with Crippen LogP contribution in [0.5, 0.6) is 0 Å². The predicted octanol–water partition coefficient (Wildman–Crippen LogP) is 2.97. The highest BCUT2D eigenvalue weighted by molar-refractivity contribution is 14.0. The van der Waals surface area contributed by atoms with Crippen LogP contribution in [-0.2, 0) is 13.1 Å². The summed E-state index contributed by atoms with van der Waals surface area (Å²) in [6.07, 6.45) is 0. The Morgan fingerprint density at radius 1 is 1.08 bits per heavy atom. The molecule has 0 aliphatic rings. The second kappa shape index (κ2) is 10.7. The molecule has 0 spiro atoms. The first-order valence-electron chi connectivity index (χ1n) is 8.05. The first kappa shape index (κ1) is 21.0. The molecular weight excluding hydrogens is 427 g/mol. The molecule has 6 heteroatoms. The topological polar surface area (TPSA) is 79.5 Å². The van der Waals surface area contributed by atoms with Crippen LogP contribution in [0.2, 0.25) is 0 Å². The fourth-order valence-electron chi connectivity index (χ4n) is 2.23. The van der Waals surface area contributed by atoms with Gasteiger partial charge in [-0.2, -0.15) is 0 Å². The number of nitrogens with one attached hydrogen (secondary N) is 2. The van der Waals surface area contributed by atoms with E-state index in [-0.39, 0.29) is 24.0 Å². The standard InChI is InChI=1S/C19H24N4O.HI/c1-3-21-19(22-12-15-9-7-14(2)8-10-15)23-13-16-5-4-6-17(11-16)18(20)24;/h4-11H,3,12-13H2,1-2H3,(H2,20,24)(H2,21,22,23);1H. The molecule has 5 nitrogen and oxygen atoms in total. The summed E-state index contributed by atoms with van der Waals surface area (Å²) in [6, 6.07) is 15.6. The van der Waals surface area contributed by atoms with Crippen LogP contribution >= 0.6 is 24.0 Å². The van der Waals surface area contributed by atoms with Crippen molar-refractivity contribution in [1.82, 2.24) is 10.6 Å². The maximum absolute atomic E-state index is 11.2. The van der Waals surface area contributed by atoms with Crippen molar-refractivity contribution in [3.05, 3.63) is 70.8 Å². The largest absolute Gasteiger partial charge is 0.366 e. The van der Waals surface area contributed by atoms with Gasteiger partial charge in [-0.1, -0.05) is 42.0 Å². The second-order valence-corrected chi connectivity index (χ2v) is 5.60. The number of hydrogen-bond acceptors (Lipinski definition) is 2. The van der Waals surface area contributed by atoms with Gasteiger partial charge in [-0.3, -0.25) is 4.79 Å². The fraction of sp³-hybridized carbons (Fsp3) is 0.263. The molecule has 0 aliphatic carbocycles. The van der Waals surface area contributed by atoms with Crippen molar-refractivity contribution in [2.24, 2.45) is 10.7 Å². The zero-order valence-corrected chi connectivity index (χ0v) is 16.9. The van der Waals surface area contributed by atoms with E-state index < -0.39 is 5.91 Å². The molecule has 0 fully saturated rings. The highest BCUT2D eigenvalue weighted by atomic mass is 127. The summed E-state index contributed by atoms with van der Waals surface area (Å²) in [6.45, 7) is 6.05. The average Bonchev–Trinajstić information content (AvgIpc) is 2.59. The molecule has 0 aliphatic heterocycles. The summed E-state index contributed by atoms with van der Waals surface area (Å²) in [7, 11) is 0. The molecule has 0 aromatic heterocycles. The van der Waals surface area contributed by atoms with E-state index in [1.807, 2.05) is 19.1 Å². The predicted molar refractivity (Wildman–Crippen MR) is 113 cm³/mol. The number of primary amides is 1. The molecule has 2 aromatic rings. The Hall–Kier alpha value is -2.09. The quantitative estimate of drug-likeness (QED) is 0.358. The van der Waals surface area contributed by atoms with Crippen LogP contribution in [0.15, 0.2) is 53.5 Å². The molecule has 0 atom stereocenters. The van der Waals surface area contributed by atoms with Gasteiger partial charge in [0.15, 0.2) is 5.96 Å². The molecular formula is C19H25IN4O. The molecule has 4 N–H and O–H groups in total.